The van der Waals surface area contributed by atoms with Crippen LogP contribution in [-0.4, -0.2) is 10.1 Å². The second-order valence-corrected chi connectivity index (χ2v) is 4.72. The van der Waals surface area contributed by atoms with E-state index in [-0.39, 0.29) is 6.10 Å². The van der Waals surface area contributed by atoms with Gasteiger partial charge in [-0.2, -0.15) is 0 Å². The molecule has 22 heavy (non-hydrogen) atoms. The molecule has 4 heteroatoms. The third-order valence-corrected chi connectivity index (χ3v) is 3.24. The Labute approximate surface area is 129 Å². The summed E-state index contributed by atoms with van der Waals surface area (Å²) < 4.78 is 23.9. The van der Waals surface area contributed by atoms with Crippen molar-refractivity contribution in [2.24, 2.45) is 0 Å². The van der Waals surface area contributed by atoms with E-state index < -0.39 is 11.6 Å². The van der Waals surface area contributed by atoms with Crippen molar-refractivity contribution in [2.45, 2.75) is 31.8 Å². The van der Waals surface area contributed by atoms with E-state index in [9.17, 15) is 13.9 Å². The molecule has 1 N–H and O–H groups in total. The molecule has 3 rings (SSSR count). The van der Waals surface area contributed by atoms with Crippen LogP contribution in [-0.2, 0) is 6.42 Å². The minimum absolute atomic E-state index is 0.330. The van der Waals surface area contributed by atoms with Crippen LogP contribution in [0.1, 0.15) is 36.6 Å². The summed E-state index contributed by atoms with van der Waals surface area (Å²) in [5.41, 5.74) is 2.12. The number of terminal acetylenes is 1. The SMILES string of the molecule is C#C.Fc1ccccc1F.O[C@@H]1CCCCc2cccnc21. The van der Waals surface area contributed by atoms with E-state index in [1.165, 1.54) is 24.1 Å². The van der Waals surface area contributed by atoms with Crippen molar-refractivity contribution < 1.29 is 13.9 Å². The van der Waals surface area contributed by atoms with Gasteiger partial charge in [-0.05, 0) is 43.0 Å². The first-order valence-corrected chi connectivity index (χ1v) is 7.03. The average Bonchev–Trinajstić information content (AvgIpc) is 2.75. The van der Waals surface area contributed by atoms with Crippen LogP contribution in [0.15, 0.2) is 42.6 Å². The summed E-state index contributed by atoms with van der Waals surface area (Å²) >= 11 is 0. The lowest BCUT2D eigenvalue weighted by atomic mass is 10.1. The summed E-state index contributed by atoms with van der Waals surface area (Å²) in [6, 6.07) is 9.05. The molecule has 0 spiro atoms. The van der Waals surface area contributed by atoms with Gasteiger partial charge in [-0.1, -0.05) is 24.6 Å². The first kappa shape index (κ1) is 17.8. The molecule has 1 heterocycles. The lowest BCUT2D eigenvalue weighted by Crippen LogP contribution is -2.01. The van der Waals surface area contributed by atoms with Gasteiger partial charge in [0.25, 0.3) is 0 Å². The van der Waals surface area contributed by atoms with Crippen molar-refractivity contribution >= 4 is 0 Å². The molecule has 1 aliphatic rings. The van der Waals surface area contributed by atoms with Gasteiger partial charge in [0.2, 0.25) is 0 Å². The second kappa shape index (κ2) is 9.64. The predicted octanol–water partition coefficient (Wildman–Crippen LogP) is 4.06. The number of halogens is 2. The fourth-order valence-corrected chi connectivity index (χ4v) is 2.19. The topological polar surface area (TPSA) is 33.1 Å². The van der Waals surface area contributed by atoms with Crippen LogP contribution in [0.2, 0.25) is 0 Å². The summed E-state index contributed by atoms with van der Waals surface area (Å²) in [5, 5.41) is 9.68. The number of rotatable bonds is 0. The van der Waals surface area contributed by atoms with Crippen LogP contribution < -0.4 is 0 Å². The van der Waals surface area contributed by atoms with Gasteiger partial charge in [0, 0.05) is 6.20 Å². The highest BCUT2D eigenvalue weighted by atomic mass is 19.2. The van der Waals surface area contributed by atoms with Gasteiger partial charge >= 0.3 is 0 Å². The fourth-order valence-electron chi connectivity index (χ4n) is 2.19. The van der Waals surface area contributed by atoms with Crippen LogP contribution in [0.4, 0.5) is 8.78 Å². The van der Waals surface area contributed by atoms with Gasteiger partial charge in [0.05, 0.1) is 11.8 Å². The molecule has 0 saturated heterocycles. The molecule has 1 aliphatic carbocycles. The van der Waals surface area contributed by atoms with Crippen LogP contribution >= 0.6 is 0 Å². The molecule has 0 saturated carbocycles. The van der Waals surface area contributed by atoms with Crippen LogP contribution in [0.3, 0.4) is 0 Å². The molecule has 0 amide bonds. The summed E-state index contributed by atoms with van der Waals surface area (Å²) in [5.74, 6) is -1.60. The van der Waals surface area contributed by atoms with Gasteiger partial charge in [0.15, 0.2) is 11.6 Å². The van der Waals surface area contributed by atoms with Crippen molar-refractivity contribution in [1.29, 1.82) is 0 Å². The number of pyridine rings is 1. The normalized spacial score (nSPS) is 16.0. The number of nitrogens with zero attached hydrogens (tertiary/aromatic N) is 1. The lowest BCUT2D eigenvalue weighted by molar-refractivity contribution is 0.162. The Bertz CT molecular complexity index is 577. The minimum atomic E-state index is -0.799. The van der Waals surface area contributed by atoms with E-state index in [1.807, 2.05) is 6.07 Å². The van der Waals surface area contributed by atoms with Crippen molar-refractivity contribution in [3.63, 3.8) is 0 Å². The third kappa shape index (κ3) is 5.27. The Hall–Kier alpha value is -2.25. The molecule has 2 aromatic rings. The number of benzene rings is 1. The lowest BCUT2D eigenvalue weighted by Gasteiger charge is -2.08. The quantitative estimate of drug-likeness (QED) is 0.588. The zero-order chi connectivity index (χ0) is 16.4. The van der Waals surface area contributed by atoms with Gasteiger partial charge in [-0.3, -0.25) is 4.98 Å². The van der Waals surface area contributed by atoms with E-state index in [4.69, 9.17) is 0 Å². The molecule has 0 fully saturated rings. The average molecular weight is 303 g/mol. The molecule has 0 bridgehead atoms. The molecule has 0 radical (unpaired) electrons. The maximum atomic E-state index is 11.9. The molecular formula is C18H19F2NO. The zero-order valence-electron chi connectivity index (χ0n) is 12.3. The number of aromatic nitrogens is 1. The number of fused-ring (bicyclic) bond motifs is 1. The van der Waals surface area contributed by atoms with E-state index in [2.05, 4.69) is 23.9 Å². The summed E-state index contributed by atoms with van der Waals surface area (Å²) in [4.78, 5) is 4.21. The second-order valence-electron chi connectivity index (χ2n) is 4.72. The Kier molecular flexibility index (Phi) is 7.80. The Morgan fingerprint density at radius 2 is 1.64 bits per heavy atom. The Morgan fingerprint density at radius 3 is 2.23 bits per heavy atom. The molecule has 1 aromatic carbocycles. The first-order chi connectivity index (χ1) is 10.7. The molecule has 1 aromatic heterocycles. The smallest absolute Gasteiger partial charge is 0.158 e. The molecule has 2 nitrogen and oxygen atoms in total. The van der Waals surface area contributed by atoms with Crippen LogP contribution in [0, 0.1) is 24.5 Å². The number of hydrogen-bond acceptors (Lipinski definition) is 2. The largest absolute Gasteiger partial charge is 0.387 e. The van der Waals surface area contributed by atoms with Gasteiger partial charge in [-0.15, -0.1) is 12.8 Å². The summed E-state index contributed by atoms with van der Waals surface area (Å²) in [7, 11) is 0. The van der Waals surface area contributed by atoms with Crippen molar-refractivity contribution in [3.8, 4) is 12.8 Å². The maximum absolute atomic E-state index is 11.9. The van der Waals surface area contributed by atoms with Crippen LogP contribution in [0.25, 0.3) is 0 Å². The van der Waals surface area contributed by atoms with Crippen molar-refractivity contribution in [2.75, 3.05) is 0 Å². The fraction of sp³-hybridized carbons (Fsp3) is 0.278. The molecule has 116 valence electrons. The Morgan fingerprint density at radius 1 is 1.00 bits per heavy atom. The number of aliphatic hydroxyl groups excluding tert-OH is 1. The first-order valence-electron chi connectivity index (χ1n) is 7.03. The van der Waals surface area contributed by atoms with Crippen molar-refractivity contribution in [3.05, 3.63) is 65.5 Å². The van der Waals surface area contributed by atoms with Crippen molar-refractivity contribution in [1.82, 2.24) is 4.98 Å². The zero-order valence-corrected chi connectivity index (χ0v) is 12.3. The minimum Gasteiger partial charge on any atom is -0.387 e. The van der Waals surface area contributed by atoms with E-state index in [0.717, 1.165) is 37.1 Å². The highest BCUT2D eigenvalue weighted by molar-refractivity contribution is 5.22. The van der Waals surface area contributed by atoms with E-state index in [1.54, 1.807) is 6.20 Å². The third-order valence-electron chi connectivity index (χ3n) is 3.24. The molecule has 1 atom stereocenters. The summed E-state index contributed by atoms with van der Waals surface area (Å²) in [6.07, 6.45) is 13.6. The summed E-state index contributed by atoms with van der Waals surface area (Å²) in [6.45, 7) is 0. The molecule has 0 unspecified atom stereocenters. The number of hydrogen-bond donors (Lipinski definition) is 1. The van der Waals surface area contributed by atoms with E-state index in [0.29, 0.717) is 0 Å². The van der Waals surface area contributed by atoms with Crippen LogP contribution in [0.5, 0.6) is 0 Å². The van der Waals surface area contributed by atoms with Gasteiger partial charge in [0.1, 0.15) is 0 Å². The van der Waals surface area contributed by atoms with Gasteiger partial charge in [-0.25, -0.2) is 8.78 Å². The predicted molar refractivity (Wildman–Crippen MR) is 83.0 cm³/mol. The molecule has 0 aliphatic heterocycles. The monoisotopic (exact) mass is 303 g/mol. The maximum Gasteiger partial charge on any atom is 0.158 e. The van der Waals surface area contributed by atoms with Gasteiger partial charge < -0.3 is 5.11 Å². The highest BCUT2D eigenvalue weighted by Gasteiger charge is 2.16. The standard InChI is InChI=1S/C10H13NO.C6H4F2.C2H2/c12-9-6-2-1-4-8-5-3-7-11-10(8)9;7-5-3-1-2-4-6(5)8;1-2/h3,5,7,9,12H,1-2,4,6H2;1-4H;1-2H/t9-;;/m1../s1. The highest BCUT2D eigenvalue weighted by Crippen LogP contribution is 2.25. The number of aryl methyl sites for hydroxylation is 1. The van der Waals surface area contributed by atoms with E-state index >= 15 is 0 Å². The number of aliphatic hydroxyl groups is 1. The molecular weight excluding hydrogens is 284 g/mol. The Balaban J connectivity index is 0.000000211.